The van der Waals surface area contributed by atoms with Crippen molar-refractivity contribution in [3.63, 3.8) is 0 Å². The summed E-state index contributed by atoms with van der Waals surface area (Å²) in [6.07, 6.45) is 1.82. The highest BCUT2D eigenvalue weighted by molar-refractivity contribution is 9.10. The first-order chi connectivity index (χ1) is 15.5. The van der Waals surface area contributed by atoms with Crippen molar-refractivity contribution in [3.05, 3.63) is 92.3 Å². The largest absolute Gasteiger partial charge is 0.495 e. The number of carbonyl (C=O) groups excluding carboxylic acids is 1. The van der Waals surface area contributed by atoms with Crippen molar-refractivity contribution < 1.29 is 14.3 Å². The van der Waals surface area contributed by atoms with Gasteiger partial charge >= 0.3 is 0 Å². The first-order valence-electron chi connectivity index (χ1n) is 9.54. The van der Waals surface area contributed by atoms with E-state index in [1.54, 1.807) is 13.2 Å². The fraction of sp³-hybridized carbons (Fsp3) is 0.0833. The highest BCUT2D eigenvalue weighted by atomic mass is 79.9. The predicted octanol–water partition coefficient (Wildman–Crippen LogP) is 7.10. The van der Waals surface area contributed by atoms with Crippen LogP contribution >= 0.6 is 51.5 Å². The van der Waals surface area contributed by atoms with E-state index in [1.165, 1.54) is 16.7 Å². The van der Waals surface area contributed by atoms with Crippen LogP contribution in [0.2, 0.25) is 5.02 Å². The lowest BCUT2D eigenvalue weighted by Crippen LogP contribution is -2.27. The number of ether oxygens (including phenoxy) is 2. The number of carbonyl (C=O) groups is 1. The molecule has 3 aromatic carbocycles. The van der Waals surface area contributed by atoms with E-state index < -0.39 is 0 Å². The molecule has 0 spiro atoms. The average Bonchev–Trinajstić information content (AvgIpc) is 3.06. The van der Waals surface area contributed by atoms with E-state index in [2.05, 4.69) is 15.9 Å². The van der Waals surface area contributed by atoms with Gasteiger partial charge in [0, 0.05) is 10.6 Å². The zero-order valence-corrected chi connectivity index (χ0v) is 20.9. The molecule has 1 saturated heterocycles. The molecule has 1 aliphatic heterocycles. The number of thioether (sulfide) groups is 1. The first-order valence-corrected chi connectivity index (χ1v) is 11.9. The molecule has 8 heteroatoms. The Morgan fingerprint density at radius 1 is 1.09 bits per heavy atom. The Morgan fingerprint density at radius 2 is 1.84 bits per heavy atom. The topological polar surface area (TPSA) is 38.8 Å². The molecule has 4 nitrogen and oxygen atoms in total. The molecule has 1 aliphatic rings. The number of nitrogens with zero attached hydrogens (tertiary/aromatic N) is 1. The average molecular weight is 547 g/mol. The van der Waals surface area contributed by atoms with Gasteiger partial charge in [-0.2, -0.15) is 0 Å². The molecule has 0 N–H and O–H groups in total. The smallest absolute Gasteiger partial charge is 0.270 e. The molecule has 4 rings (SSSR count). The molecular formula is C24H17BrClNO3S2. The van der Waals surface area contributed by atoms with Gasteiger partial charge in [0.15, 0.2) is 4.32 Å². The Balaban J connectivity index is 1.53. The molecule has 0 atom stereocenters. The minimum absolute atomic E-state index is 0.181. The number of halogens is 2. The van der Waals surface area contributed by atoms with Crippen LogP contribution in [-0.4, -0.2) is 17.3 Å². The van der Waals surface area contributed by atoms with Crippen molar-refractivity contribution in [2.45, 2.75) is 6.61 Å². The second-order valence-corrected chi connectivity index (χ2v) is 9.70. The van der Waals surface area contributed by atoms with Crippen molar-refractivity contribution >= 4 is 73.5 Å². The molecule has 0 aromatic heterocycles. The number of anilines is 1. The number of methoxy groups -OCH3 is 1. The number of thiocarbonyl (C=S) groups is 1. The fourth-order valence-corrected chi connectivity index (χ4v) is 5.12. The van der Waals surface area contributed by atoms with E-state index in [9.17, 15) is 4.79 Å². The third-order valence-corrected chi connectivity index (χ3v) is 7.01. The third kappa shape index (κ3) is 4.86. The number of benzene rings is 3. The summed E-state index contributed by atoms with van der Waals surface area (Å²) in [6, 6.07) is 20.5. The SMILES string of the molecule is COc1ccccc1N1C(=O)/C(=C\c2ccc(OCc3ccccc3Cl)c(Br)c2)SC1=S. The second kappa shape index (κ2) is 10.1. The van der Waals surface area contributed by atoms with Gasteiger partial charge in [0.25, 0.3) is 5.91 Å². The zero-order chi connectivity index (χ0) is 22.7. The molecule has 3 aromatic rings. The maximum absolute atomic E-state index is 13.1. The molecule has 0 radical (unpaired) electrons. The Kier molecular flexibility index (Phi) is 7.20. The van der Waals surface area contributed by atoms with Gasteiger partial charge in [-0.3, -0.25) is 9.69 Å². The van der Waals surface area contributed by atoms with Gasteiger partial charge in [-0.1, -0.05) is 72.0 Å². The molecule has 162 valence electrons. The van der Waals surface area contributed by atoms with Gasteiger partial charge < -0.3 is 9.47 Å². The number of rotatable bonds is 6. The van der Waals surface area contributed by atoms with Crippen LogP contribution in [0.3, 0.4) is 0 Å². The van der Waals surface area contributed by atoms with Crippen molar-refractivity contribution in [2.24, 2.45) is 0 Å². The maximum atomic E-state index is 13.1. The summed E-state index contributed by atoms with van der Waals surface area (Å²) in [5.41, 5.74) is 2.39. The molecule has 1 heterocycles. The van der Waals surface area contributed by atoms with Gasteiger partial charge in [0.2, 0.25) is 0 Å². The highest BCUT2D eigenvalue weighted by Crippen LogP contribution is 2.40. The van der Waals surface area contributed by atoms with Crippen LogP contribution in [0.1, 0.15) is 11.1 Å². The van der Waals surface area contributed by atoms with Crippen molar-refractivity contribution in [3.8, 4) is 11.5 Å². The quantitative estimate of drug-likeness (QED) is 0.244. The third-order valence-electron chi connectivity index (χ3n) is 4.71. The fourth-order valence-electron chi connectivity index (χ4n) is 3.14. The van der Waals surface area contributed by atoms with Crippen LogP contribution in [0.15, 0.2) is 76.1 Å². The van der Waals surface area contributed by atoms with E-state index in [0.29, 0.717) is 38.0 Å². The number of para-hydroxylation sites is 2. The molecule has 1 fully saturated rings. The van der Waals surface area contributed by atoms with Gasteiger partial charge in [0.05, 0.1) is 22.2 Å². The van der Waals surface area contributed by atoms with Gasteiger partial charge in [-0.05, 0) is 57.9 Å². The summed E-state index contributed by atoms with van der Waals surface area (Å²) >= 11 is 16.5. The normalized spacial score (nSPS) is 14.8. The van der Waals surface area contributed by atoms with Crippen LogP contribution in [0.5, 0.6) is 11.5 Å². The van der Waals surface area contributed by atoms with Crippen LogP contribution in [0.4, 0.5) is 5.69 Å². The maximum Gasteiger partial charge on any atom is 0.270 e. The summed E-state index contributed by atoms with van der Waals surface area (Å²) in [6.45, 7) is 0.356. The summed E-state index contributed by atoms with van der Waals surface area (Å²) in [4.78, 5) is 15.1. The summed E-state index contributed by atoms with van der Waals surface area (Å²) in [5.74, 6) is 1.09. The Bertz CT molecular complexity index is 1230. The molecule has 0 unspecified atom stereocenters. The molecular weight excluding hydrogens is 530 g/mol. The van der Waals surface area contributed by atoms with Crippen molar-refractivity contribution in [1.82, 2.24) is 0 Å². The number of amides is 1. The standard InChI is InChI=1S/C24H17BrClNO3S2/c1-29-21-9-5-4-8-19(21)27-23(28)22(32-24(27)31)13-15-10-11-20(17(25)12-15)30-14-16-6-2-3-7-18(16)26/h2-13H,14H2,1H3/b22-13+. The van der Waals surface area contributed by atoms with Crippen LogP contribution < -0.4 is 14.4 Å². The van der Waals surface area contributed by atoms with Gasteiger partial charge in [-0.15, -0.1) is 0 Å². The predicted molar refractivity (Wildman–Crippen MR) is 139 cm³/mol. The molecule has 0 aliphatic carbocycles. The van der Waals surface area contributed by atoms with E-state index >= 15 is 0 Å². The molecule has 0 bridgehead atoms. The first kappa shape index (κ1) is 22.9. The molecule has 32 heavy (non-hydrogen) atoms. The lowest BCUT2D eigenvalue weighted by molar-refractivity contribution is -0.113. The van der Waals surface area contributed by atoms with Crippen LogP contribution in [-0.2, 0) is 11.4 Å². The van der Waals surface area contributed by atoms with Crippen LogP contribution in [0, 0.1) is 0 Å². The summed E-state index contributed by atoms with van der Waals surface area (Å²) < 4.78 is 12.5. The lowest BCUT2D eigenvalue weighted by Gasteiger charge is -2.17. The van der Waals surface area contributed by atoms with Gasteiger partial charge in [-0.25, -0.2) is 0 Å². The zero-order valence-electron chi connectivity index (χ0n) is 16.9. The van der Waals surface area contributed by atoms with E-state index in [1.807, 2.05) is 66.7 Å². The van der Waals surface area contributed by atoms with Crippen molar-refractivity contribution in [2.75, 3.05) is 12.0 Å². The number of hydrogen-bond donors (Lipinski definition) is 0. The lowest BCUT2D eigenvalue weighted by atomic mass is 10.2. The molecule has 1 amide bonds. The molecule has 0 saturated carbocycles. The Labute approximate surface area is 209 Å². The second-order valence-electron chi connectivity index (χ2n) is 6.76. The Hall–Kier alpha value is -2.32. The minimum atomic E-state index is -0.181. The highest BCUT2D eigenvalue weighted by Gasteiger charge is 2.34. The summed E-state index contributed by atoms with van der Waals surface area (Å²) in [5, 5.41) is 0.664. The van der Waals surface area contributed by atoms with Crippen molar-refractivity contribution in [1.29, 1.82) is 0 Å². The van der Waals surface area contributed by atoms with E-state index in [0.717, 1.165) is 15.6 Å². The number of hydrogen-bond acceptors (Lipinski definition) is 5. The van der Waals surface area contributed by atoms with E-state index in [-0.39, 0.29) is 5.91 Å². The monoisotopic (exact) mass is 545 g/mol. The van der Waals surface area contributed by atoms with E-state index in [4.69, 9.17) is 33.3 Å². The summed E-state index contributed by atoms with van der Waals surface area (Å²) in [7, 11) is 1.57. The minimum Gasteiger partial charge on any atom is -0.495 e. The van der Waals surface area contributed by atoms with Gasteiger partial charge in [0.1, 0.15) is 18.1 Å². The Morgan fingerprint density at radius 3 is 2.59 bits per heavy atom. The van der Waals surface area contributed by atoms with Crippen LogP contribution in [0.25, 0.3) is 6.08 Å².